The number of ether oxygens (including phenoxy) is 2. The fourth-order valence-electron chi connectivity index (χ4n) is 3.22. The van der Waals surface area contributed by atoms with Crippen LogP contribution >= 0.6 is 0 Å². The Morgan fingerprint density at radius 3 is 2.58 bits per heavy atom. The van der Waals surface area contributed by atoms with Gasteiger partial charge in [0.1, 0.15) is 5.75 Å². The Morgan fingerprint density at radius 2 is 1.88 bits per heavy atom. The van der Waals surface area contributed by atoms with Crippen molar-refractivity contribution in [2.75, 3.05) is 19.8 Å². The molecular formula is C24H28N4O5. The molecule has 2 atom stereocenters. The highest BCUT2D eigenvalue weighted by Gasteiger charge is 2.19. The zero-order valence-electron chi connectivity index (χ0n) is 18.5. The van der Waals surface area contributed by atoms with Crippen LogP contribution in [-0.4, -0.2) is 49.8 Å². The number of amides is 3. The van der Waals surface area contributed by atoms with Crippen LogP contribution in [0.25, 0.3) is 0 Å². The van der Waals surface area contributed by atoms with E-state index in [1.54, 1.807) is 24.3 Å². The Hall–Kier alpha value is -3.72. The van der Waals surface area contributed by atoms with Crippen LogP contribution in [0, 0.1) is 0 Å². The molecular weight excluding hydrogens is 424 g/mol. The van der Waals surface area contributed by atoms with Crippen LogP contribution in [0.1, 0.15) is 36.9 Å². The second-order valence-corrected chi connectivity index (χ2v) is 7.60. The van der Waals surface area contributed by atoms with Gasteiger partial charge in [0.05, 0.1) is 18.4 Å². The van der Waals surface area contributed by atoms with Crippen molar-refractivity contribution in [3.05, 3.63) is 65.7 Å². The molecule has 1 fully saturated rings. The Kier molecular flexibility index (Phi) is 8.96. The molecule has 33 heavy (non-hydrogen) atoms. The van der Waals surface area contributed by atoms with Gasteiger partial charge in [0.25, 0.3) is 5.91 Å². The molecule has 1 aliphatic heterocycles. The monoisotopic (exact) mass is 452 g/mol. The number of hydrazone groups is 1. The van der Waals surface area contributed by atoms with Gasteiger partial charge in [-0.1, -0.05) is 30.3 Å². The summed E-state index contributed by atoms with van der Waals surface area (Å²) >= 11 is 0. The zero-order chi connectivity index (χ0) is 23.5. The summed E-state index contributed by atoms with van der Waals surface area (Å²) in [4.78, 5) is 35.6. The lowest BCUT2D eigenvalue weighted by Gasteiger charge is -2.14. The van der Waals surface area contributed by atoms with Gasteiger partial charge < -0.3 is 20.1 Å². The largest absolute Gasteiger partial charge is 0.484 e. The Labute approximate surface area is 192 Å². The number of nitrogens with zero attached hydrogens (tertiary/aromatic N) is 1. The molecule has 3 amide bonds. The molecule has 3 rings (SSSR count). The summed E-state index contributed by atoms with van der Waals surface area (Å²) in [5, 5.41) is 9.20. The van der Waals surface area contributed by atoms with Gasteiger partial charge in [-0.05, 0) is 55.2 Å². The summed E-state index contributed by atoms with van der Waals surface area (Å²) in [6.45, 7) is 2.79. The molecule has 0 radical (unpaired) electrons. The minimum Gasteiger partial charge on any atom is -0.484 e. The predicted molar refractivity (Wildman–Crippen MR) is 123 cm³/mol. The van der Waals surface area contributed by atoms with E-state index in [0.717, 1.165) is 18.4 Å². The predicted octanol–water partition coefficient (Wildman–Crippen LogP) is 1.69. The minimum atomic E-state index is -0.847. The molecule has 1 aliphatic rings. The lowest BCUT2D eigenvalue weighted by Crippen LogP contribution is -2.41. The van der Waals surface area contributed by atoms with E-state index in [1.165, 1.54) is 6.21 Å². The average Bonchev–Trinajstić information content (AvgIpc) is 3.36. The maximum absolute atomic E-state index is 12.1. The Bertz CT molecular complexity index is 957. The third kappa shape index (κ3) is 8.04. The van der Waals surface area contributed by atoms with Gasteiger partial charge in [-0.15, -0.1) is 0 Å². The summed E-state index contributed by atoms with van der Waals surface area (Å²) < 4.78 is 10.9. The van der Waals surface area contributed by atoms with Crippen LogP contribution in [0.4, 0.5) is 0 Å². The van der Waals surface area contributed by atoms with Crippen LogP contribution in [0.3, 0.4) is 0 Å². The standard InChI is InChI=1S/C24H28N4O5/c1-17(19-6-3-2-4-7-19)27-22(29)16-33-20-11-9-18(10-12-20)14-26-28-24(31)23(30)25-15-21-8-5-13-32-21/h2-4,6-7,9-12,14,17,21H,5,8,13,15-16H2,1H3,(H,25,30)(H,27,29)(H,28,31)/b26-14-/t17-,21+/m1/s1. The van der Waals surface area contributed by atoms with Crippen molar-refractivity contribution in [1.29, 1.82) is 0 Å². The molecule has 2 aromatic carbocycles. The highest BCUT2D eigenvalue weighted by atomic mass is 16.5. The van der Waals surface area contributed by atoms with Crippen molar-refractivity contribution in [2.24, 2.45) is 5.10 Å². The summed E-state index contributed by atoms with van der Waals surface area (Å²) in [5.41, 5.74) is 3.89. The second-order valence-electron chi connectivity index (χ2n) is 7.60. The SMILES string of the molecule is C[C@@H](NC(=O)COc1ccc(/C=N\NC(=O)C(=O)NC[C@@H]2CCCO2)cc1)c1ccccc1. The minimum absolute atomic E-state index is 0.0377. The number of hydrogen-bond acceptors (Lipinski definition) is 6. The molecule has 0 bridgehead atoms. The van der Waals surface area contributed by atoms with Gasteiger partial charge in [-0.25, -0.2) is 5.43 Å². The number of benzene rings is 2. The molecule has 2 aromatic rings. The van der Waals surface area contributed by atoms with Gasteiger partial charge >= 0.3 is 11.8 Å². The molecule has 9 nitrogen and oxygen atoms in total. The van der Waals surface area contributed by atoms with Crippen molar-refractivity contribution in [2.45, 2.75) is 31.9 Å². The maximum atomic E-state index is 12.1. The van der Waals surface area contributed by atoms with Crippen molar-refractivity contribution in [1.82, 2.24) is 16.1 Å². The third-order valence-electron chi connectivity index (χ3n) is 5.03. The number of nitrogens with one attached hydrogen (secondary N) is 3. The van der Waals surface area contributed by atoms with Crippen LogP contribution < -0.4 is 20.8 Å². The summed E-state index contributed by atoms with van der Waals surface area (Å²) in [6, 6.07) is 16.4. The molecule has 3 N–H and O–H groups in total. The highest BCUT2D eigenvalue weighted by molar-refractivity contribution is 6.35. The number of rotatable bonds is 9. The normalized spacial score (nSPS) is 16.2. The Balaban J connectivity index is 1.36. The first-order valence-electron chi connectivity index (χ1n) is 10.8. The van der Waals surface area contributed by atoms with E-state index in [1.807, 2.05) is 37.3 Å². The van der Waals surface area contributed by atoms with Crippen LogP contribution in [0.5, 0.6) is 5.75 Å². The van der Waals surface area contributed by atoms with E-state index in [-0.39, 0.29) is 24.7 Å². The van der Waals surface area contributed by atoms with Crippen molar-refractivity contribution >= 4 is 23.9 Å². The lowest BCUT2D eigenvalue weighted by molar-refractivity contribution is -0.139. The lowest BCUT2D eigenvalue weighted by atomic mass is 10.1. The zero-order valence-corrected chi connectivity index (χ0v) is 18.5. The number of carbonyl (C=O) groups is 3. The molecule has 1 heterocycles. The van der Waals surface area contributed by atoms with Crippen molar-refractivity contribution in [3.63, 3.8) is 0 Å². The van der Waals surface area contributed by atoms with Gasteiger partial charge in [-0.3, -0.25) is 14.4 Å². The van der Waals surface area contributed by atoms with Crippen molar-refractivity contribution in [3.8, 4) is 5.75 Å². The highest BCUT2D eigenvalue weighted by Crippen LogP contribution is 2.13. The fourth-order valence-corrected chi connectivity index (χ4v) is 3.22. The molecule has 0 aromatic heterocycles. The number of carbonyl (C=O) groups excluding carboxylic acids is 3. The molecule has 1 saturated heterocycles. The first-order chi connectivity index (χ1) is 16.0. The van der Waals surface area contributed by atoms with Crippen LogP contribution in [0.2, 0.25) is 0 Å². The van der Waals surface area contributed by atoms with E-state index in [2.05, 4.69) is 21.2 Å². The van der Waals surface area contributed by atoms with Gasteiger partial charge in [-0.2, -0.15) is 5.10 Å². The number of hydrogen-bond donors (Lipinski definition) is 3. The van der Waals surface area contributed by atoms with Gasteiger partial charge in [0.2, 0.25) is 0 Å². The topological polar surface area (TPSA) is 118 Å². The first-order valence-corrected chi connectivity index (χ1v) is 10.8. The average molecular weight is 453 g/mol. The first kappa shape index (κ1) is 23.9. The van der Waals surface area contributed by atoms with E-state index in [0.29, 0.717) is 24.5 Å². The van der Waals surface area contributed by atoms with Gasteiger partial charge in [0, 0.05) is 13.2 Å². The van der Waals surface area contributed by atoms with E-state index in [9.17, 15) is 14.4 Å². The second kappa shape index (κ2) is 12.4. The molecule has 9 heteroatoms. The fraction of sp³-hybridized carbons (Fsp3) is 0.333. The summed E-state index contributed by atoms with van der Waals surface area (Å²) in [7, 11) is 0. The quantitative estimate of drug-likeness (QED) is 0.304. The molecule has 0 aliphatic carbocycles. The maximum Gasteiger partial charge on any atom is 0.329 e. The van der Waals surface area contributed by atoms with E-state index in [4.69, 9.17) is 9.47 Å². The van der Waals surface area contributed by atoms with Gasteiger partial charge in [0.15, 0.2) is 6.61 Å². The molecule has 0 saturated carbocycles. The molecule has 174 valence electrons. The van der Waals surface area contributed by atoms with E-state index < -0.39 is 11.8 Å². The van der Waals surface area contributed by atoms with Crippen LogP contribution in [0.15, 0.2) is 59.7 Å². The summed E-state index contributed by atoms with van der Waals surface area (Å²) in [6.07, 6.45) is 3.20. The Morgan fingerprint density at radius 1 is 1.12 bits per heavy atom. The summed E-state index contributed by atoms with van der Waals surface area (Å²) in [5.74, 6) is -1.31. The van der Waals surface area contributed by atoms with Crippen molar-refractivity contribution < 1.29 is 23.9 Å². The van der Waals surface area contributed by atoms with E-state index >= 15 is 0 Å². The molecule has 0 spiro atoms. The smallest absolute Gasteiger partial charge is 0.329 e. The molecule has 0 unspecified atom stereocenters. The third-order valence-corrected chi connectivity index (χ3v) is 5.03. The van der Waals surface area contributed by atoms with Crippen LogP contribution in [-0.2, 0) is 19.1 Å².